The van der Waals surface area contributed by atoms with E-state index in [0.29, 0.717) is 0 Å². The maximum atomic E-state index is 5.37. The van der Waals surface area contributed by atoms with Gasteiger partial charge in [0, 0.05) is 13.7 Å². The van der Waals surface area contributed by atoms with Crippen LogP contribution >= 0.6 is 15.9 Å². The summed E-state index contributed by atoms with van der Waals surface area (Å²) in [6, 6.07) is 2.07. The average Bonchev–Trinajstić information content (AvgIpc) is 2.61. The third-order valence-corrected chi connectivity index (χ3v) is 3.08. The molecule has 3 nitrogen and oxygen atoms in total. The highest BCUT2D eigenvalue weighted by molar-refractivity contribution is 9.10. The molecule has 0 saturated heterocycles. The molecule has 1 heterocycles. The van der Waals surface area contributed by atoms with Crippen molar-refractivity contribution >= 4 is 15.9 Å². The second kappa shape index (κ2) is 5.14. The molecule has 0 aromatic carbocycles. The van der Waals surface area contributed by atoms with Gasteiger partial charge in [-0.2, -0.15) is 0 Å². The van der Waals surface area contributed by atoms with Crippen LogP contribution in [0, 0.1) is 0 Å². The van der Waals surface area contributed by atoms with E-state index in [1.54, 1.807) is 13.4 Å². The zero-order chi connectivity index (χ0) is 11.5. The molecule has 1 aromatic rings. The van der Waals surface area contributed by atoms with Gasteiger partial charge in [0.25, 0.3) is 0 Å². The number of methoxy groups -OCH3 is 1. The van der Waals surface area contributed by atoms with Gasteiger partial charge >= 0.3 is 0 Å². The minimum atomic E-state index is -0.159. The van der Waals surface area contributed by atoms with Crippen molar-refractivity contribution in [3.63, 3.8) is 0 Å². The Morgan fingerprint density at radius 1 is 1.60 bits per heavy atom. The monoisotopic (exact) mass is 275 g/mol. The van der Waals surface area contributed by atoms with E-state index in [1.165, 1.54) is 0 Å². The molecular weight excluding hydrogens is 258 g/mol. The van der Waals surface area contributed by atoms with Gasteiger partial charge in [-0.1, -0.05) is 0 Å². The van der Waals surface area contributed by atoms with Crippen LogP contribution in [0.5, 0.6) is 0 Å². The quantitative estimate of drug-likeness (QED) is 0.897. The molecule has 0 saturated carbocycles. The van der Waals surface area contributed by atoms with Gasteiger partial charge in [0.05, 0.1) is 22.4 Å². The Balaban J connectivity index is 2.50. The molecule has 0 fully saturated rings. The van der Waals surface area contributed by atoms with Crippen LogP contribution in [0.25, 0.3) is 0 Å². The highest BCUT2D eigenvalue weighted by Crippen LogP contribution is 2.24. The Hall–Kier alpha value is -0.320. The lowest BCUT2D eigenvalue weighted by atomic mass is 10.1. The van der Waals surface area contributed by atoms with Gasteiger partial charge in [-0.05, 0) is 42.8 Å². The van der Waals surface area contributed by atoms with E-state index >= 15 is 0 Å². The predicted octanol–water partition coefficient (Wildman–Crippen LogP) is 3.12. The fraction of sp³-hybridized carbons (Fsp3) is 0.636. The smallest absolute Gasteiger partial charge is 0.134 e. The molecule has 1 N–H and O–H groups in total. The van der Waals surface area contributed by atoms with Crippen molar-refractivity contribution in [2.75, 3.05) is 13.7 Å². The lowest BCUT2D eigenvalue weighted by Crippen LogP contribution is -2.37. The van der Waals surface area contributed by atoms with Crippen LogP contribution in [0.3, 0.4) is 0 Å². The fourth-order valence-electron chi connectivity index (χ4n) is 1.18. The summed E-state index contributed by atoms with van der Waals surface area (Å²) in [5.41, 5.74) is -0.159. The van der Waals surface area contributed by atoms with Crippen molar-refractivity contribution in [1.29, 1.82) is 0 Å². The first-order valence-corrected chi connectivity index (χ1v) is 5.77. The topological polar surface area (TPSA) is 34.4 Å². The number of hydrogen-bond donors (Lipinski definition) is 1. The fourth-order valence-corrected chi connectivity index (χ4v) is 1.72. The number of ether oxygens (including phenoxy) is 1. The molecule has 15 heavy (non-hydrogen) atoms. The molecule has 0 amide bonds. The van der Waals surface area contributed by atoms with Crippen LogP contribution in [0.2, 0.25) is 0 Å². The Bertz CT molecular complexity index is 309. The molecule has 0 bridgehead atoms. The zero-order valence-corrected chi connectivity index (χ0v) is 11.2. The second-order valence-electron chi connectivity index (χ2n) is 4.20. The number of hydrogen-bond acceptors (Lipinski definition) is 3. The molecule has 1 atom stereocenters. The first-order valence-electron chi connectivity index (χ1n) is 4.97. The third-order valence-electron chi connectivity index (χ3n) is 2.42. The molecular formula is C11H18BrNO2. The SMILES string of the molecule is COC(C)(C)CNC(C)c1occc1Br. The van der Waals surface area contributed by atoms with Crippen molar-refractivity contribution in [1.82, 2.24) is 5.32 Å². The number of halogens is 1. The second-order valence-corrected chi connectivity index (χ2v) is 5.05. The van der Waals surface area contributed by atoms with Crippen LogP contribution in [-0.2, 0) is 4.74 Å². The Kier molecular flexibility index (Phi) is 4.37. The molecule has 1 aromatic heterocycles. The zero-order valence-electron chi connectivity index (χ0n) is 9.63. The van der Waals surface area contributed by atoms with E-state index in [-0.39, 0.29) is 11.6 Å². The van der Waals surface area contributed by atoms with Crippen LogP contribution in [0.4, 0.5) is 0 Å². The van der Waals surface area contributed by atoms with Crippen molar-refractivity contribution in [2.24, 2.45) is 0 Å². The van der Waals surface area contributed by atoms with Gasteiger partial charge in [-0.25, -0.2) is 0 Å². The van der Waals surface area contributed by atoms with Gasteiger partial charge in [-0.15, -0.1) is 0 Å². The first-order chi connectivity index (χ1) is 6.96. The Morgan fingerprint density at radius 3 is 2.73 bits per heavy atom. The normalized spacial score (nSPS) is 14.2. The van der Waals surface area contributed by atoms with Crippen LogP contribution in [0.15, 0.2) is 21.2 Å². The van der Waals surface area contributed by atoms with Crippen molar-refractivity contribution in [3.8, 4) is 0 Å². The molecule has 0 radical (unpaired) electrons. The van der Waals surface area contributed by atoms with Gasteiger partial charge in [0.2, 0.25) is 0 Å². The predicted molar refractivity (Wildman–Crippen MR) is 63.9 cm³/mol. The lowest BCUT2D eigenvalue weighted by Gasteiger charge is -2.25. The summed E-state index contributed by atoms with van der Waals surface area (Å²) < 4.78 is 11.7. The van der Waals surface area contributed by atoms with Crippen LogP contribution in [-0.4, -0.2) is 19.3 Å². The number of nitrogens with one attached hydrogen (secondary N) is 1. The van der Waals surface area contributed by atoms with E-state index in [9.17, 15) is 0 Å². The Labute approximate surface area is 99.3 Å². The molecule has 0 spiro atoms. The maximum Gasteiger partial charge on any atom is 0.134 e. The summed E-state index contributed by atoms with van der Waals surface area (Å²) in [5.74, 6) is 0.918. The molecule has 1 unspecified atom stereocenters. The molecule has 86 valence electrons. The van der Waals surface area contributed by atoms with Crippen molar-refractivity contribution in [2.45, 2.75) is 32.4 Å². The van der Waals surface area contributed by atoms with Gasteiger partial charge in [0.15, 0.2) is 0 Å². The first kappa shape index (κ1) is 12.7. The Morgan fingerprint density at radius 2 is 2.27 bits per heavy atom. The average molecular weight is 276 g/mol. The standard InChI is InChI=1S/C11H18BrNO2/c1-8(10-9(12)5-6-15-10)13-7-11(2,3)14-4/h5-6,8,13H,7H2,1-4H3. The highest BCUT2D eigenvalue weighted by Gasteiger charge is 2.19. The summed E-state index contributed by atoms with van der Waals surface area (Å²) in [5, 5.41) is 3.37. The van der Waals surface area contributed by atoms with Gasteiger partial charge < -0.3 is 14.5 Å². The van der Waals surface area contributed by atoms with E-state index < -0.39 is 0 Å². The molecule has 0 aliphatic carbocycles. The van der Waals surface area contributed by atoms with Crippen molar-refractivity contribution in [3.05, 3.63) is 22.6 Å². The number of furan rings is 1. The van der Waals surface area contributed by atoms with E-state index in [4.69, 9.17) is 9.15 Å². The third kappa shape index (κ3) is 3.63. The summed E-state index contributed by atoms with van der Waals surface area (Å²) >= 11 is 3.44. The van der Waals surface area contributed by atoms with E-state index in [1.807, 2.05) is 19.9 Å². The summed E-state index contributed by atoms with van der Waals surface area (Å²) in [7, 11) is 1.72. The minimum absolute atomic E-state index is 0.159. The summed E-state index contributed by atoms with van der Waals surface area (Å²) in [4.78, 5) is 0. The molecule has 4 heteroatoms. The van der Waals surface area contributed by atoms with E-state index in [0.717, 1.165) is 16.8 Å². The summed E-state index contributed by atoms with van der Waals surface area (Å²) in [6.07, 6.45) is 1.68. The van der Waals surface area contributed by atoms with E-state index in [2.05, 4.69) is 28.2 Å². The lowest BCUT2D eigenvalue weighted by molar-refractivity contribution is 0.0209. The number of rotatable bonds is 5. The van der Waals surface area contributed by atoms with Crippen molar-refractivity contribution < 1.29 is 9.15 Å². The van der Waals surface area contributed by atoms with Crippen LogP contribution < -0.4 is 5.32 Å². The highest BCUT2D eigenvalue weighted by atomic mass is 79.9. The maximum absolute atomic E-state index is 5.37. The van der Waals surface area contributed by atoms with Gasteiger partial charge in [0.1, 0.15) is 5.76 Å². The molecule has 1 rings (SSSR count). The molecule has 0 aliphatic rings. The largest absolute Gasteiger partial charge is 0.466 e. The van der Waals surface area contributed by atoms with Crippen LogP contribution in [0.1, 0.15) is 32.6 Å². The summed E-state index contributed by atoms with van der Waals surface area (Å²) in [6.45, 7) is 6.93. The molecule has 0 aliphatic heterocycles. The van der Waals surface area contributed by atoms with Gasteiger partial charge in [-0.3, -0.25) is 0 Å². The minimum Gasteiger partial charge on any atom is -0.466 e.